The highest BCUT2D eigenvalue weighted by molar-refractivity contribution is 5.85. The summed E-state index contributed by atoms with van der Waals surface area (Å²) in [7, 11) is 0. The molecule has 2 rings (SSSR count). The predicted molar refractivity (Wildman–Crippen MR) is 54.1 cm³/mol. The first-order valence-corrected chi connectivity index (χ1v) is 5.72. The lowest BCUT2D eigenvalue weighted by Gasteiger charge is -2.40. The number of carbonyl (C=O) groups excluding carboxylic acids is 1. The van der Waals surface area contributed by atoms with Crippen LogP contribution in [-0.4, -0.2) is 41.0 Å². The fourth-order valence-electron chi connectivity index (χ4n) is 2.57. The van der Waals surface area contributed by atoms with Crippen molar-refractivity contribution in [1.82, 2.24) is 4.90 Å². The van der Waals surface area contributed by atoms with E-state index >= 15 is 0 Å². The van der Waals surface area contributed by atoms with E-state index in [0.717, 1.165) is 19.3 Å². The summed E-state index contributed by atoms with van der Waals surface area (Å²) in [6, 6.07) is 0.710. The van der Waals surface area contributed by atoms with Crippen molar-refractivity contribution in [1.29, 1.82) is 0 Å². The van der Waals surface area contributed by atoms with Gasteiger partial charge in [-0.3, -0.25) is 9.69 Å². The van der Waals surface area contributed by atoms with Gasteiger partial charge in [0.1, 0.15) is 5.78 Å². The van der Waals surface area contributed by atoms with Crippen LogP contribution in [0.4, 0.5) is 0 Å². The number of rotatable bonds is 4. The summed E-state index contributed by atoms with van der Waals surface area (Å²) in [5.74, 6) is 0.394. The van der Waals surface area contributed by atoms with Crippen LogP contribution < -0.4 is 0 Å². The van der Waals surface area contributed by atoms with E-state index in [4.69, 9.17) is 5.11 Å². The molecule has 0 spiro atoms. The molecular formula is C11H19NO2. The van der Waals surface area contributed by atoms with Crippen LogP contribution in [0.3, 0.4) is 0 Å². The first kappa shape index (κ1) is 10.1. The second kappa shape index (κ2) is 4.41. The molecule has 0 aromatic heterocycles. The molecule has 1 unspecified atom stereocenters. The molecule has 14 heavy (non-hydrogen) atoms. The minimum absolute atomic E-state index is 0.132. The molecule has 2 saturated carbocycles. The summed E-state index contributed by atoms with van der Waals surface area (Å²) in [5, 5.41) is 9.00. The quantitative estimate of drug-likeness (QED) is 0.729. The van der Waals surface area contributed by atoms with Gasteiger partial charge in [-0.15, -0.1) is 0 Å². The van der Waals surface area contributed by atoms with Gasteiger partial charge in [0.2, 0.25) is 0 Å². The van der Waals surface area contributed by atoms with Crippen molar-refractivity contribution in [3.63, 3.8) is 0 Å². The van der Waals surface area contributed by atoms with Crippen molar-refractivity contribution >= 4 is 5.78 Å². The van der Waals surface area contributed by atoms with Gasteiger partial charge in [0.25, 0.3) is 0 Å². The Hall–Kier alpha value is -0.410. The van der Waals surface area contributed by atoms with Gasteiger partial charge >= 0.3 is 0 Å². The SMILES string of the molecule is O=C1CCCC1N(CCO)C1CCC1. The Morgan fingerprint density at radius 2 is 2.07 bits per heavy atom. The molecule has 3 heteroatoms. The summed E-state index contributed by atoms with van der Waals surface area (Å²) >= 11 is 0. The topological polar surface area (TPSA) is 40.5 Å². The molecule has 0 saturated heterocycles. The lowest BCUT2D eigenvalue weighted by molar-refractivity contribution is -0.123. The molecule has 3 nitrogen and oxygen atoms in total. The molecule has 0 heterocycles. The first-order chi connectivity index (χ1) is 6.83. The Morgan fingerprint density at radius 3 is 2.50 bits per heavy atom. The molecule has 0 aliphatic heterocycles. The fraction of sp³-hybridized carbons (Fsp3) is 0.909. The number of hydrogen-bond donors (Lipinski definition) is 1. The molecular weight excluding hydrogens is 178 g/mol. The second-order valence-corrected chi connectivity index (χ2v) is 4.42. The molecule has 0 radical (unpaired) electrons. The average molecular weight is 197 g/mol. The van der Waals surface area contributed by atoms with Gasteiger partial charge in [-0.1, -0.05) is 6.42 Å². The van der Waals surface area contributed by atoms with Gasteiger partial charge in [-0.05, 0) is 25.7 Å². The van der Waals surface area contributed by atoms with E-state index in [0.29, 0.717) is 18.4 Å². The number of hydrogen-bond acceptors (Lipinski definition) is 3. The van der Waals surface area contributed by atoms with E-state index < -0.39 is 0 Å². The predicted octanol–water partition coefficient (Wildman–Crippen LogP) is 0.955. The van der Waals surface area contributed by atoms with Crippen LogP contribution in [0.1, 0.15) is 38.5 Å². The molecule has 1 N–H and O–H groups in total. The molecule has 2 aliphatic rings. The van der Waals surface area contributed by atoms with Crippen molar-refractivity contribution in [3.05, 3.63) is 0 Å². The largest absolute Gasteiger partial charge is 0.395 e. The molecule has 0 aromatic rings. The zero-order chi connectivity index (χ0) is 9.97. The maximum absolute atomic E-state index is 11.6. The Morgan fingerprint density at radius 1 is 1.29 bits per heavy atom. The van der Waals surface area contributed by atoms with Crippen molar-refractivity contribution in [2.24, 2.45) is 0 Å². The van der Waals surface area contributed by atoms with Crippen molar-refractivity contribution < 1.29 is 9.90 Å². The third-order valence-corrected chi connectivity index (χ3v) is 3.57. The van der Waals surface area contributed by atoms with Gasteiger partial charge in [-0.25, -0.2) is 0 Å². The van der Waals surface area contributed by atoms with Crippen molar-refractivity contribution in [3.8, 4) is 0 Å². The lowest BCUT2D eigenvalue weighted by Crippen LogP contribution is -2.49. The molecule has 2 fully saturated rings. The Balaban J connectivity index is 1.97. The Bertz CT molecular complexity index is 213. The highest BCUT2D eigenvalue weighted by Crippen LogP contribution is 2.30. The normalized spacial score (nSPS) is 28.4. The van der Waals surface area contributed by atoms with Gasteiger partial charge in [-0.2, -0.15) is 0 Å². The number of aliphatic hydroxyl groups is 1. The maximum atomic E-state index is 11.6. The van der Waals surface area contributed by atoms with E-state index in [9.17, 15) is 4.79 Å². The molecule has 0 amide bonds. The van der Waals surface area contributed by atoms with Crippen LogP contribution in [0, 0.1) is 0 Å². The molecule has 1 atom stereocenters. The minimum Gasteiger partial charge on any atom is -0.395 e. The number of Topliss-reactive ketones (excluding diaryl/α,β-unsaturated/α-hetero) is 1. The first-order valence-electron chi connectivity index (χ1n) is 5.72. The summed E-state index contributed by atoms with van der Waals surface area (Å²) in [5.41, 5.74) is 0. The second-order valence-electron chi connectivity index (χ2n) is 4.42. The average Bonchev–Trinajstić information content (AvgIpc) is 2.47. The maximum Gasteiger partial charge on any atom is 0.149 e. The summed E-state index contributed by atoms with van der Waals surface area (Å²) < 4.78 is 0. The van der Waals surface area contributed by atoms with Crippen LogP contribution in [-0.2, 0) is 4.79 Å². The van der Waals surface area contributed by atoms with Crippen LogP contribution in [0.15, 0.2) is 0 Å². The number of ketones is 1. The molecule has 2 aliphatic carbocycles. The van der Waals surface area contributed by atoms with E-state index in [1.807, 2.05) is 0 Å². The van der Waals surface area contributed by atoms with E-state index in [1.54, 1.807) is 0 Å². The van der Waals surface area contributed by atoms with Crippen molar-refractivity contribution in [2.75, 3.05) is 13.2 Å². The summed E-state index contributed by atoms with van der Waals surface area (Å²) in [6.45, 7) is 0.862. The third kappa shape index (κ3) is 1.84. The van der Waals surface area contributed by atoms with Gasteiger partial charge in [0, 0.05) is 19.0 Å². The number of nitrogens with zero attached hydrogens (tertiary/aromatic N) is 1. The highest BCUT2D eigenvalue weighted by atomic mass is 16.3. The van der Waals surface area contributed by atoms with E-state index in [-0.39, 0.29) is 12.6 Å². The molecule has 80 valence electrons. The van der Waals surface area contributed by atoms with Crippen molar-refractivity contribution in [2.45, 2.75) is 50.6 Å². The fourth-order valence-corrected chi connectivity index (χ4v) is 2.57. The van der Waals surface area contributed by atoms with Gasteiger partial charge in [0.05, 0.1) is 12.6 Å². The Labute approximate surface area is 85.1 Å². The monoisotopic (exact) mass is 197 g/mol. The Kier molecular flexibility index (Phi) is 3.19. The standard InChI is InChI=1S/C11H19NO2/c13-8-7-12(9-3-1-4-9)10-5-2-6-11(10)14/h9-10,13H,1-8H2. The van der Waals surface area contributed by atoms with Gasteiger partial charge in [0.15, 0.2) is 0 Å². The minimum atomic E-state index is 0.132. The molecule has 0 aromatic carbocycles. The zero-order valence-electron chi connectivity index (χ0n) is 8.61. The smallest absolute Gasteiger partial charge is 0.149 e. The summed E-state index contributed by atoms with van der Waals surface area (Å²) in [6.07, 6.45) is 6.51. The number of aliphatic hydroxyl groups excluding tert-OH is 1. The molecule has 0 bridgehead atoms. The van der Waals surface area contributed by atoms with E-state index in [2.05, 4.69) is 4.90 Å². The van der Waals surface area contributed by atoms with Crippen LogP contribution in [0.25, 0.3) is 0 Å². The lowest BCUT2D eigenvalue weighted by atomic mass is 9.90. The van der Waals surface area contributed by atoms with Crippen LogP contribution >= 0.6 is 0 Å². The van der Waals surface area contributed by atoms with E-state index in [1.165, 1.54) is 19.3 Å². The number of carbonyl (C=O) groups is 1. The summed E-state index contributed by atoms with van der Waals surface area (Å²) in [4.78, 5) is 13.9. The third-order valence-electron chi connectivity index (χ3n) is 3.57. The van der Waals surface area contributed by atoms with Crippen LogP contribution in [0.5, 0.6) is 0 Å². The van der Waals surface area contributed by atoms with Crippen LogP contribution in [0.2, 0.25) is 0 Å². The zero-order valence-corrected chi connectivity index (χ0v) is 8.61. The highest BCUT2D eigenvalue weighted by Gasteiger charge is 2.35. The van der Waals surface area contributed by atoms with Gasteiger partial charge < -0.3 is 5.11 Å².